The molecule has 0 spiro atoms. The van der Waals surface area contributed by atoms with Gasteiger partial charge in [-0.15, -0.1) is 0 Å². The number of rotatable bonds is 8. The average molecular weight is 488 g/mol. The lowest BCUT2D eigenvalue weighted by Crippen LogP contribution is -2.48. The Kier molecular flexibility index (Phi) is 8.74. The Balaban J connectivity index is 2.00. The first-order valence-electron chi connectivity index (χ1n) is 11.7. The number of nitriles is 1. The topological polar surface area (TPSA) is 72.6 Å². The summed E-state index contributed by atoms with van der Waals surface area (Å²) < 4.78 is 2.13. The number of amides is 1. The van der Waals surface area contributed by atoms with Crippen LogP contribution in [-0.2, 0) is 11.8 Å². The molecule has 0 atom stereocenters. The van der Waals surface area contributed by atoms with E-state index in [1.54, 1.807) is 23.4 Å². The van der Waals surface area contributed by atoms with Crippen LogP contribution in [0.4, 0.5) is 5.82 Å². The van der Waals surface area contributed by atoms with E-state index in [-0.39, 0.29) is 17.0 Å². The molecule has 3 rings (SSSR count). The average Bonchev–Trinajstić information content (AvgIpc) is 3.08. The van der Waals surface area contributed by atoms with E-state index in [0.717, 1.165) is 69.8 Å². The van der Waals surface area contributed by atoms with Gasteiger partial charge >= 0.3 is 0 Å². The van der Waals surface area contributed by atoms with Crippen molar-refractivity contribution in [2.24, 2.45) is 7.05 Å². The van der Waals surface area contributed by atoms with Crippen LogP contribution in [0.5, 0.6) is 0 Å². The number of nitrogens with zero attached hydrogens (tertiary/aromatic N) is 5. The van der Waals surface area contributed by atoms with E-state index in [0.29, 0.717) is 21.3 Å². The summed E-state index contributed by atoms with van der Waals surface area (Å²) in [6.45, 7) is 11.1. The minimum absolute atomic E-state index is 0.0880. The second-order valence-corrected chi connectivity index (χ2v) is 10.2. The molecule has 2 saturated heterocycles. The molecule has 0 aromatic carbocycles. The summed E-state index contributed by atoms with van der Waals surface area (Å²) in [5.41, 5.74) is 1.19. The Morgan fingerprint density at radius 2 is 1.82 bits per heavy atom. The highest BCUT2D eigenvalue weighted by molar-refractivity contribution is 8.26. The first-order chi connectivity index (χ1) is 15.8. The number of hydrogen-bond donors (Lipinski definition) is 0. The number of hydrogen-bond acceptors (Lipinski definition) is 7. The molecule has 2 aliphatic rings. The summed E-state index contributed by atoms with van der Waals surface area (Å²) in [5.74, 6) is 0.676. The van der Waals surface area contributed by atoms with Gasteiger partial charge in [0.05, 0.1) is 4.91 Å². The minimum Gasteiger partial charge on any atom is -0.355 e. The third-order valence-electron chi connectivity index (χ3n) is 6.47. The lowest BCUT2D eigenvalue weighted by Gasteiger charge is -2.37. The van der Waals surface area contributed by atoms with Crippen molar-refractivity contribution in [1.29, 1.82) is 5.26 Å². The van der Waals surface area contributed by atoms with Gasteiger partial charge in [-0.3, -0.25) is 19.1 Å². The SMILES string of the molecule is CCCCCCN1C(=O)/C(=C/c2c(C)c(C#N)c(=O)n(C)c2N2CCN(CC)CC2)SC1=S. The van der Waals surface area contributed by atoms with E-state index in [1.165, 1.54) is 11.8 Å². The molecule has 0 aliphatic carbocycles. The normalized spacial score (nSPS) is 18.5. The fourth-order valence-electron chi connectivity index (χ4n) is 4.39. The highest BCUT2D eigenvalue weighted by Gasteiger charge is 2.33. The summed E-state index contributed by atoms with van der Waals surface area (Å²) in [5, 5.41) is 9.65. The maximum absolute atomic E-state index is 13.2. The van der Waals surface area contributed by atoms with Gasteiger partial charge in [-0.2, -0.15) is 5.26 Å². The zero-order valence-electron chi connectivity index (χ0n) is 20.0. The lowest BCUT2D eigenvalue weighted by molar-refractivity contribution is -0.122. The Bertz CT molecular complexity index is 1050. The van der Waals surface area contributed by atoms with Gasteiger partial charge in [-0.1, -0.05) is 57.1 Å². The summed E-state index contributed by atoms with van der Waals surface area (Å²) in [6, 6.07) is 2.07. The van der Waals surface area contributed by atoms with Gasteiger partial charge in [0.15, 0.2) is 0 Å². The second kappa shape index (κ2) is 11.3. The molecule has 1 aromatic rings. The molecule has 1 amide bonds. The number of carbonyl (C=O) groups is 1. The van der Waals surface area contributed by atoms with Crippen molar-refractivity contribution in [2.75, 3.05) is 44.2 Å². The van der Waals surface area contributed by atoms with E-state index in [1.807, 2.05) is 6.08 Å². The summed E-state index contributed by atoms with van der Waals surface area (Å²) in [6.07, 6.45) is 6.13. The van der Waals surface area contributed by atoms with Crippen molar-refractivity contribution in [3.8, 4) is 6.07 Å². The molecule has 0 saturated carbocycles. The molecule has 0 radical (unpaired) electrons. The molecule has 2 fully saturated rings. The number of thiocarbonyl (C=S) groups is 1. The van der Waals surface area contributed by atoms with Gasteiger partial charge in [0, 0.05) is 45.3 Å². The van der Waals surface area contributed by atoms with Crippen LogP contribution < -0.4 is 10.5 Å². The summed E-state index contributed by atoms with van der Waals surface area (Å²) in [4.78, 5) is 32.9. The molecular formula is C24H33N5O2S2. The highest BCUT2D eigenvalue weighted by atomic mass is 32.2. The molecule has 2 aliphatic heterocycles. The minimum atomic E-state index is -0.302. The van der Waals surface area contributed by atoms with Crippen LogP contribution in [0.15, 0.2) is 9.70 Å². The number of likely N-dealkylation sites (N-methyl/N-ethyl adjacent to an activating group) is 1. The van der Waals surface area contributed by atoms with Gasteiger partial charge in [0.2, 0.25) is 0 Å². The zero-order chi connectivity index (χ0) is 24.1. The van der Waals surface area contributed by atoms with Crippen LogP contribution in [-0.4, -0.2) is 63.9 Å². The molecule has 9 heteroatoms. The van der Waals surface area contributed by atoms with Crippen molar-refractivity contribution in [3.63, 3.8) is 0 Å². The number of pyridine rings is 1. The van der Waals surface area contributed by atoms with Crippen LogP contribution in [0.2, 0.25) is 0 Å². The largest absolute Gasteiger partial charge is 0.355 e. The van der Waals surface area contributed by atoms with Crippen LogP contribution >= 0.6 is 24.0 Å². The van der Waals surface area contributed by atoms with E-state index < -0.39 is 0 Å². The second-order valence-electron chi connectivity index (χ2n) is 8.53. The molecule has 0 bridgehead atoms. The number of carbonyl (C=O) groups excluding carboxylic acids is 1. The molecule has 0 unspecified atom stereocenters. The predicted molar refractivity (Wildman–Crippen MR) is 139 cm³/mol. The zero-order valence-corrected chi connectivity index (χ0v) is 21.7. The Morgan fingerprint density at radius 1 is 1.12 bits per heavy atom. The van der Waals surface area contributed by atoms with Crippen LogP contribution in [0, 0.1) is 18.3 Å². The lowest BCUT2D eigenvalue weighted by atomic mass is 10.0. The Hall–Kier alpha value is -2.15. The third kappa shape index (κ3) is 5.34. The summed E-state index contributed by atoms with van der Waals surface area (Å²) >= 11 is 6.81. The van der Waals surface area contributed by atoms with E-state index >= 15 is 0 Å². The molecule has 33 heavy (non-hydrogen) atoms. The molecule has 3 heterocycles. The number of unbranched alkanes of at least 4 members (excludes halogenated alkanes) is 3. The fraction of sp³-hybridized carbons (Fsp3) is 0.583. The number of anilines is 1. The third-order valence-corrected chi connectivity index (χ3v) is 7.85. The van der Waals surface area contributed by atoms with Crippen molar-refractivity contribution >= 4 is 46.1 Å². The predicted octanol–water partition coefficient (Wildman–Crippen LogP) is 3.49. The van der Waals surface area contributed by atoms with Crippen LogP contribution in [0.25, 0.3) is 6.08 Å². The van der Waals surface area contributed by atoms with Crippen molar-refractivity contribution in [2.45, 2.75) is 46.5 Å². The first-order valence-corrected chi connectivity index (χ1v) is 12.9. The van der Waals surface area contributed by atoms with Gasteiger partial charge in [0.1, 0.15) is 21.8 Å². The van der Waals surface area contributed by atoms with Gasteiger partial charge in [0.25, 0.3) is 11.5 Å². The number of aromatic nitrogens is 1. The monoisotopic (exact) mass is 487 g/mol. The van der Waals surface area contributed by atoms with E-state index in [4.69, 9.17) is 12.2 Å². The highest BCUT2D eigenvalue weighted by Crippen LogP contribution is 2.36. The summed E-state index contributed by atoms with van der Waals surface area (Å²) in [7, 11) is 1.71. The maximum atomic E-state index is 13.2. The molecular weight excluding hydrogens is 454 g/mol. The van der Waals surface area contributed by atoms with E-state index in [2.05, 4.69) is 29.7 Å². The Labute approximate surface area is 206 Å². The van der Waals surface area contributed by atoms with Crippen molar-refractivity contribution in [3.05, 3.63) is 31.9 Å². The number of thioether (sulfide) groups is 1. The van der Waals surface area contributed by atoms with Crippen molar-refractivity contribution < 1.29 is 4.79 Å². The van der Waals surface area contributed by atoms with Crippen LogP contribution in [0.3, 0.4) is 0 Å². The van der Waals surface area contributed by atoms with Gasteiger partial charge < -0.3 is 9.80 Å². The fourth-order valence-corrected chi connectivity index (χ4v) is 5.68. The number of piperazine rings is 1. The van der Waals surface area contributed by atoms with Gasteiger partial charge in [-0.05, 0) is 31.5 Å². The molecule has 1 aromatic heterocycles. The maximum Gasteiger partial charge on any atom is 0.270 e. The Morgan fingerprint density at radius 3 is 2.42 bits per heavy atom. The van der Waals surface area contributed by atoms with E-state index in [9.17, 15) is 14.9 Å². The van der Waals surface area contributed by atoms with Gasteiger partial charge in [-0.25, -0.2) is 0 Å². The first kappa shape index (κ1) is 25.5. The van der Waals surface area contributed by atoms with Crippen LogP contribution in [0.1, 0.15) is 56.2 Å². The molecule has 178 valence electrons. The molecule has 0 N–H and O–H groups in total. The molecule has 7 nitrogen and oxygen atoms in total. The van der Waals surface area contributed by atoms with Crippen molar-refractivity contribution in [1.82, 2.24) is 14.4 Å². The quantitative estimate of drug-likeness (QED) is 0.316. The smallest absolute Gasteiger partial charge is 0.270 e. The standard InChI is InChI=1S/C24H33N5O2S2/c1-5-7-8-9-10-29-23(31)20(33-24(29)32)15-18-17(3)19(16-25)22(30)26(4)21(18)28-13-11-27(6-2)12-14-28/h15H,5-14H2,1-4H3/b20-15-.